The van der Waals surface area contributed by atoms with E-state index >= 15 is 0 Å². The van der Waals surface area contributed by atoms with Gasteiger partial charge in [0.1, 0.15) is 11.6 Å². The summed E-state index contributed by atoms with van der Waals surface area (Å²) < 4.78 is 10.8. The van der Waals surface area contributed by atoms with Gasteiger partial charge in [0.2, 0.25) is 0 Å². The number of ether oxygens (including phenoxy) is 2. The van der Waals surface area contributed by atoms with E-state index in [9.17, 15) is 0 Å². The van der Waals surface area contributed by atoms with E-state index < -0.39 is 0 Å². The average molecular weight is 523 g/mol. The van der Waals surface area contributed by atoms with Crippen LogP contribution in [0, 0.1) is 5.92 Å². The van der Waals surface area contributed by atoms with Gasteiger partial charge in [-0.15, -0.1) is 0 Å². The average Bonchev–Trinajstić information content (AvgIpc) is 2.87. The van der Waals surface area contributed by atoms with Crippen molar-refractivity contribution in [1.82, 2.24) is 15.3 Å². The molecule has 1 saturated carbocycles. The van der Waals surface area contributed by atoms with Crippen LogP contribution in [0.2, 0.25) is 10.0 Å². The number of nitrogens with zero attached hydrogens (tertiary/aromatic N) is 2. The van der Waals surface area contributed by atoms with Gasteiger partial charge in [0.05, 0.1) is 29.0 Å². The molecule has 1 aliphatic heterocycles. The van der Waals surface area contributed by atoms with Crippen molar-refractivity contribution in [2.75, 3.05) is 44.1 Å². The molecule has 2 fully saturated rings. The van der Waals surface area contributed by atoms with Crippen molar-refractivity contribution in [2.45, 2.75) is 63.6 Å². The Bertz CT molecular complexity index is 949. The maximum absolute atomic E-state index is 6.55. The Morgan fingerprint density at radius 1 is 1.09 bits per heavy atom. The van der Waals surface area contributed by atoms with Crippen LogP contribution >= 0.6 is 23.2 Å². The van der Waals surface area contributed by atoms with Gasteiger partial charge in [0.25, 0.3) is 0 Å². The molecule has 3 heterocycles. The second kappa shape index (κ2) is 13.1. The minimum atomic E-state index is 0.369. The van der Waals surface area contributed by atoms with Crippen molar-refractivity contribution in [2.24, 2.45) is 5.92 Å². The van der Waals surface area contributed by atoms with E-state index in [0.717, 1.165) is 75.7 Å². The van der Waals surface area contributed by atoms with E-state index in [0.29, 0.717) is 39.8 Å². The summed E-state index contributed by atoms with van der Waals surface area (Å²) in [6.07, 6.45) is 8.37. The topological polar surface area (TPSA) is 80.3 Å². The smallest absolute Gasteiger partial charge is 0.126 e. The third kappa shape index (κ3) is 7.67. The molecule has 0 unspecified atom stereocenters. The van der Waals surface area contributed by atoms with Crippen molar-refractivity contribution >= 4 is 34.8 Å². The van der Waals surface area contributed by atoms with E-state index in [-0.39, 0.29) is 0 Å². The van der Waals surface area contributed by atoms with Gasteiger partial charge in [-0.2, -0.15) is 0 Å². The molecule has 2 aromatic heterocycles. The van der Waals surface area contributed by atoms with Gasteiger partial charge >= 0.3 is 0 Å². The highest BCUT2D eigenvalue weighted by Crippen LogP contribution is 2.34. The lowest BCUT2D eigenvalue weighted by atomic mass is 9.90. The Hall–Kier alpha value is -1.64. The number of rotatable bonds is 10. The molecule has 4 rings (SSSR count). The quantitative estimate of drug-likeness (QED) is 0.373. The first kappa shape index (κ1) is 26.4. The van der Waals surface area contributed by atoms with Crippen LogP contribution in [0.3, 0.4) is 0 Å². The number of anilines is 2. The number of halogens is 2. The molecular formula is C26H37Cl2N5O2. The van der Waals surface area contributed by atoms with Gasteiger partial charge in [0, 0.05) is 50.1 Å². The van der Waals surface area contributed by atoms with Crippen molar-refractivity contribution in [3.05, 3.63) is 34.4 Å². The molecule has 0 amide bonds. The Morgan fingerprint density at radius 3 is 2.63 bits per heavy atom. The molecule has 192 valence electrons. The zero-order valence-electron chi connectivity index (χ0n) is 20.7. The molecule has 2 aliphatic rings. The second-order valence-corrected chi connectivity index (χ2v) is 10.6. The van der Waals surface area contributed by atoms with Crippen LogP contribution in [-0.4, -0.2) is 61.6 Å². The number of hydrogen-bond acceptors (Lipinski definition) is 7. The molecule has 35 heavy (non-hydrogen) atoms. The normalized spacial score (nSPS) is 23.6. The predicted octanol–water partition coefficient (Wildman–Crippen LogP) is 5.64. The van der Waals surface area contributed by atoms with Crippen LogP contribution in [0.15, 0.2) is 24.4 Å². The first-order chi connectivity index (χ1) is 17.0. The summed E-state index contributed by atoms with van der Waals surface area (Å²) in [6, 6.07) is 7.01. The monoisotopic (exact) mass is 521 g/mol. The first-order valence-corrected chi connectivity index (χ1v) is 13.4. The Labute approximate surface area is 218 Å². The lowest BCUT2D eigenvalue weighted by Gasteiger charge is -2.32. The summed E-state index contributed by atoms with van der Waals surface area (Å²) in [5.41, 5.74) is 1.44. The van der Waals surface area contributed by atoms with Crippen LogP contribution in [0.1, 0.15) is 45.4 Å². The molecule has 1 saturated heterocycles. The molecular weight excluding hydrogens is 485 g/mol. The first-order valence-electron chi connectivity index (χ1n) is 12.7. The minimum absolute atomic E-state index is 0.369. The Morgan fingerprint density at radius 2 is 1.89 bits per heavy atom. The summed E-state index contributed by atoms with van der Waals surface area (Å²) >= 11 is 13.1. The SMILES string of the molecule is COC[C@@H](C)N[C@H]1CC[C@H](Nc2cc(-c3nc(NC[C@@H]4CCCOC4)ccc3Cl)c(Cl)cn2)CC1. The highest BCUT2D eigenvalue weighted by Gasteiger charge is 2.23. The third-order valence-electron chi connectivity index (χ3n) is 6.80. The Balaban J connectivity index is 1.38. The largest absolute Gasteiger partial charge is 0.383 e. The van der Waals surface area contributed by atoms with E-state index in [4.69, 9.17) is 37.7 Å². The van der Waals surface area contributed by atoms with E-state index in [1.165, 1.54) is 6.42 Å². The lowest BCUT2D eigenvalue weighted by molar-refractivity contribution is 0.0595. The molecule has 2 atom stereocenters. The van der Waals surface area contributed by atoms with Crippen LogP contribution in [0.25, 0.3) is 11.3 Å². The van der Waals surface area contributed by atoms with Crippen LogP contribution in [-0.2, 0) is 9.47 Å². The summed E-state index contributed by atoms with van der Waals surface area (Å²) in [6.45, 7) is 5.39. The van der Waals surface area contributed by atoms with Gasteiger partial charge in [0.15, 0.2) is 0 Å². The van der Waals surface area contributed by atoms with Crippen molar-refractivity contribution in [3.63, 3.8) is 0 Å². The van der Waals surface area contributed by atoms with Gasteiger partial charge in [-0.25, -0.2) is 9.97 Å². The molecule has 1 aliphatic carbocycles. The van der Waals surface area contributed by atoms with Gasteiger partial charge in [-0.3, -0.25) is 0 Å². The van der Waals surface area contributed by atoms with Crippen molar-refractivity contribution in [1.29, 1.82) is 0 Å². The van der Waals surface area contributed by atoms with Crippen LogP contribution < -0.4 is 16.0 Å². The molecule has 9 heteroatoms. The molecule has 7 nitrogen and oxygen atoms in total. The highest BCUT2D eigenvalue weighted by molar-refractivity contribution is 6.36. The standard InChI is InChI=1S/C26H37Cl2N5O2/c1-17(15-34-2)31-19-5-7-20(8-6-19)32-25-12-21(23(28)14-30-25)26-22(27)9-10-24(33-26)29-13-18-4-3-11-35-16-18/h9-10,12,14,17-20,31H,3-8,11,13,15-16H2,1-2H3,(H,29,33)(H,30,32)/t17-,18+,19-,20-/m1/s1. The Kier molecular flexibility index (Phi) is 9.86. The zero-order valence-corrected chi connectivity index (χ0v) is 22.2. The number of methoxy groups -OCH3 is 1. The molecule has 3 N–H and O–H groups in total. The predicted molar refractivity (Wildman–Crippen MR) is 144 cm³/mol. The van der Waals surface area contributed by atoms with Crippen LogP contribution in [0.5, 0.6) is 0 Å². The molecule has 0 aromatic carbocycles. The fraction of sp³-hybridized carbons (Fsp3) is 0.615. The molecule has 0 radical (unpaired) electrons. The zero-order chi connectivity index (χ0) is 24.6. The van der Waals surface area contributed by atoms with Crippen molar-refractivity contribution in [3.8, 4) is 11.3 Å². The summed E-state index contributed by atoms with van der Waals surface area (Å²) in [5.74, 6) is 2.08. The maximum Gasteiger partial charge on any atom is 0.126 e. The second-order valence-electron chi connectivity index (χ2n) is 9.76. The number of pyridine rings is 2. The van der Waals surface area contributed by atoms with E-state index in [1.54, 1.807) is 13.3 Å². The van der Waals surface area contributed by atoms with E-state index in [2.05, 4.69) is 27.9 Å². The maximum atomic E-state index is 6.55. The fourth-order valence-electron chi connectivity index (χ4n) is 4.96. The van der Waals surface area contributed by atoms with Crippen molar-refractivity contribution < 1.29 is 9.47 Å². The van der Waals surface area contributed by atoms with Gasteiger partial charge < -0.3 is 25.4 Å². The number of hydrogen-bond donors (Lipinski definition) is 3. The lowest BCUT2D eigenvalue weighted by Crippen LogP contribution is -2.42. The summed E-state index contributed by atoms with van der Waals surface area (Å²) in [4.78, 5) is 9.31. The van der Waals surface area contributed by atoms with E-state index in [1.807, 2.05) is 18.2 Å². The minimum Gasteiger partial charge on any atom is -0.383 e. The highest BCUT2D eigenvalue weighted by atomic mass is 35.5. The summed E-state index contributed by atoms with van der Waals surface area (Å²) in [5, 5.41) is 11.8. The third-order valence-corrected chi connectivity index (χ3v) is 7.41. The molecule has 0 spiro atoms. The molecule has 0 bridgehead atoms. The summed E-state index contributed by atoms with van der Waals surface area (Å²) in [7, 11) is 1.74. The van der Waals surface area contributed by atoms with Gasteiger partial charge in [-0.1, -0.05) is 23.2 Å². The number of aromatic nitrogens is 2. The van der Waals surface area contributed by atoms with Crippen LogP contribution in [0.4, 0.5) is 11.6 Å². The number of nitrogens with one attached hydrogen (secondary N) is 3. The molecule has 2 aromatic rings. The van der Waals surface area contributed by atoms with Gasteiger partial charge in [-0.05, 0) is 69.6 Å². The fourth-order valence-corrected chi connectivity index (χ4v) is 5.36.